The minimum absolute atomic E-state index is 0.00166. The van der Waals surface area contributed by atoms with Gasteiger partial charge < -0.3 is 0 Å². The Labute approximate surface area is 174 Å². The molecular weight excluding hydrogens is 413 g/mol. The predicted molar refractivity (Wildman–Crippen MR) is 103 cm³/mol. The van der Waals surface area contributed by atoms with E-state index in [0.29, 0.717) is 12.1 Å². The standard InChI is InChI=1S/C22H17F3N2O4/c23-22(24,25)16-10-13(6-7-17(16)27(30)31)26-20(28)18-12-8-14(11-4-2-1-3-5-11)15(9-12)19(18)21(26)29/h1-7,10,12,14-15,18-19H,8-9H2/t12-,14-,15-,18-,19+/m1/s1. The molecule has 0 N–H and O–H groups in total. The molecule has 160 valence electrons. The number of amides is 2. The lowest BCUT2D eigenvalue weighted by molar-refractivity contribution is -0.388. The number of alkyl halides is 3. The highest BCUT2D eigenvalue weighted by atomic mass is 19.4. The summed E-state index contributed by atoms with van der Waals surface area (Å²) in [5.74, 6) is -2.03. The van der Waals surface area contributed by atoms with Crippen molar-refractivity contribution in [2.75, 3.05) is 4.90 Å². The second-order valence-corrected chi connectivity index (χ2v) is 8.43. The number of halogens is 3. The van der Waals surface area contributed by atoms with Crippen molar-refractivity contribution in [1.29, 1.82) is 0 Å². The van der Waals surface area contributed by atoms with Crippen LogP contribution >= 0.6 is 0 Å². The van der Waals surface area contributed by atoms with Gasteiger partial charge in [-0.05, 0) is 48.3 Å². The molecule has 0 unspecified atom stereocenters. The first-order valence-electron chi connectivity index (χ1n) is 9.97. The summed E-state index contributed by atoms with van der Waals surface area (Å²) in [7, 11) is 0. The lowest BCUT2D eigenvalue weighted by atomic mass is 9.73. The largest absolute Gasteiger partial charge is 0.423 e. The molecule has 5 atom stereocenters. The van der Waals surface area contributed by atoms with E-state index in [9.17, 15) is 32.9 Å². The Balaban J connectivity index is 1.51. The Bertz CT molecular complexity index is 1100. The topological polar surface area (TPSA) is 80.5 Å². The van der Waals surface area contributed by atoms with Crippen LogP contribution in [-0.4, -0.2) is 16.7 Å². The van der Waals surface area contributed by atoms with Gasteiger partial charge in [0.2, 0.25) is 11.8 Å². The molecule has 1 heterocycles. The number of nitro groups is 1. The van der Waals surface area contributed by atoms with E-state index in [1.54, 1.807) is 0 Å². The van der Waals surface area contributed by atoms with Gasteiger partial charge in [-0.25, -0.2) is 0 Å². The molecule has 3 fully saturated rings. The molecular formula is C22H17F3N2O4. The average Bonchev–Trinajstić information content (AvgIpc) is 3.39. The molecule has 3 aliphatic rings. The van der Waals surface area contributed by atoms with Crippen LogP contribution in [0.5, 0.6) is 0 Å². The normalized spacial score (nSPS) is 29.5. The summed E-state index contributed by atoms with van der Waals surface area (Å²) in [4.78, 5) is 37.0. The van der Waals surface area contributed by atoms with Crippen LogP contribution in [0, 0.1) is 33.8 Å². The van der Waals surface area contributed by atoms with Gasteiger partial charge in [-0.2, -0.15) is 13.2 Å². The van der Waals surface area contributed by atoms with Crippen molar-refractivity contribution in [1.82, 2.24) is 0 Å². The molecule has 2 aromatic rings. The molecule has 9 heteroatoms. The van der Waals surface area contributed by atoms with E-state index in [1.807, 2.05) is 30.3 Å². The van der Waals surface area contributed by atoms with Crippen molar-refractivity contribution in [3.63, 3.8) is 0 Å². The molecule has 1 saturated heterocycles. The monoisotopic (exact) mass is 430 g/mol. The summed E-state index contributed by atoms with van der Waals surface area (Å²) in [6.45, 7) is 0. The van der Waals surface area contributed by atoms with Crippen LogP contribution in [0.25, 0.3) is 0 Å². The summed E-state index contributed by atoms with van der Waals surface area (Å²) in [5.41, 5.74) is -1.75. The highest BCUT2D eigenvalue weighted by Crippen LogP contribution is 2.62. The molecule has 2 amide bonds. The number of imide groups is 1. The van der Waals surface area contributed by atoms with E-state index in [4.69, 9.17) is 0 Å². The molecule has 2 saturated carbocycles. The molecule has 1 aliphatic heterocycles. The van der Waals surface area contributed by atoms with Gasteiger partial charge in [0, 0.05) is 6.07 Å². The van der Waals surface area contributed by atoms with Crippen LogP contribution in [0.3, 0.4) is 0 Å². The third-order valence-electron chi connectivity index (χ3n) is 6.98. The molecule has 2 aliphatic carbocycles. The van der Waals surface area contributed by atoms with Gasteiger partial charge in [0.1, 0.15) is 5.56 Å². The second-order valence-electron chi connectivity index (χ2n) is 8.43. The van der Waals surface area contributed by atoms with Gasteiger partial charge in [0.25, 0.3) is 5.69 Å². The molecule has 0 aromatic heterocycles. The minimum Gasteiger partial charge on any atom is -0.274 e. The summed E-state index contributed by atoms with van der Waals surface area (Å²) in [6.07, 6.45) is -3.48. The van der Waals surface area contributed by atoms with Gasteiger partial charge in [0.05, 0.1) is 22.4 Å². The fourth-order valence-electron chi connectivity index (χ4n) is 5.85. The molecule has 0 spiro atoms. The van der Waals surface area contributed by atoms with E-state index in [2.05, 4.69) is 0 Å². The first-order valence-corrected chi connectivity index (χ1v) is 9.97. The highest BCUT2D eigenvalue weighted by Gasteiger charge is 2.64. The maximum atomic E-state index is 13.4. The zero-order valence-electron chi connectivity index (χ0n) is 16.1. The van der Waals surface area contributed by atoms with Crippen LogP contribution in [0.2, 0.25) is 0 Å². The number of fused-ring (bicyclic) bond motifs is 5. The van der Waals surface area contributed by atoms with Gasteiger partial charge in [0.15, 0.2) is 0 Å². The van der Waals surface area contributed by atoms with Crippen LogP contribution in [0.4, 0.5) is 24.5 Å². The first-order chi connectivity index (χ1) is 14.7. The van der Waals surface area contributed by atoms with Crippen LogP contribution in [0.15, 0.2) is 48.5 Å². The number of carbonyl (C=O) groups excluding carboxylic acids is 2. The van der Waals surface area contributed by atoms with Gasteiger partial charge >= 0.3 is 6.18 Å². The Kier molecular flexibility index (Phi) is 4.22. The molecule has 31 heavy (non-hydrogen) atoms. The number of anilines is 1. The Hall–Kier alpha value is -3.23. The minimum atomic E-state index is -4.99. The number of hydrogen-bond donors (Lipinski definition) is 0. The Morgan fingerprint density at radius 3 is 2.29 bits per heavy atom. The van der Waals surface area contributed by atoms with Crippen molar-refractivity contribution in [2.45, 2.75) is 24.9 Å². The molecule has 5 rings (SSSR count). The van der Waals surface area contributed by atoms with Crippen LogP contribution in [0.1, 0.15) is 29.9 Å². The third kappa shape index (κ3) is 2.86. The van der Waals surface area contributed by atoms with Crippen molar-refractivity contribution in [2.24, 2.45) is 23.7 Å². The zero-order chi connectivity index (χ0) is 22.1. The summed E-state index contributed by atoms with van der Waals surface area (Å²) < 4.78 is 40.1. The number of benzene rings is 2. The van der Waals surface area contributed by atoms with E-state index < -0.39 is 46.0 Å². The number of carbonyl (C=O) groups is 2. The lowest BCUT2D eigenvalue weighted by Gasteiger charge is -2.28. The van der Waals surface area contributed by atoms with Crippen LogP contribution in [-0.2, 0) is 15.8 Å². The number of nitrogens with zero attached hydrogens (tertiary/aromatic N) is 2. The van der Waals surface area contributed by atoms with Gasteiger partial charge in [-0.3, -0.25) is 24.6 Å². The zero-order valence-corrected chi connectivity index (χ0v) is 16.1. The maximum Gasteiger partial charge on any atom is 0.423 e. The first kappa shape index (κ1) is 19.7. The smallest absolute Gasteiger partial charge is 0.274 e. The van der Waals surface area contributed by atoms with Crippen molar-refractivity contribution in [3.8, 4) is 0 Å². The fraction of sp³-hybridized carbons (Fsp3) is 0.364. The van der Waals surface area contributed by atoms with E-state index >= 15 is 0 Å². The summed E-state index contributed by atoms with van der Waals surface area (Å²) in [6, 6.07) is 12.0. The van der Waals surface area contributed by atoms with E-state index in [0.717, 1.165) is 29.4 Å². The van der Waals surface area contributed by atoms with Gasteiger partial charge in [-0.15, -0.1) is 0 Å². The lowest BCUT2D eigenvalue weighted by Crippen LogP contribution is -2.33. The molecule has 2 bridgehead atoms. The number of hydrogen-bond acceptors (Lipinski definition) is 4. The summed E-state index contributed by atoms with van der Waals surface area (Å²) in [5, 5.41) is 11.0. The molecule has 2 aromatic carbocycles. The van der Waals surface area contributed by atoms with Crippen LogP contribution < -0.4 is 4.90 Å². The predicted octanol–water partition coefficient (Wildman–Crippen LogP) is 4.54. The Morgan fingerprint density at radius 2 is 1.65 bits per heavy atom. The molecule has 0 radical (unpaired) electrons. The van der Waals surface area contributed by atoms with Crippen molar-refractivity contribution in [3.05, 3.63) is 69.8 Å². The summed E-state index contributed by atoms with van der Waals surface area (Å²) >= 11 is 0. The second kappa shape index (κ2) is 6.63. The number of rotatable bonds is 3. The average molecular weight is 430 g/mol. The van der Waals surface area contributed by atoms with E-state index in [-0.39, 0.29) is 23.4 Å². The maximum absolute atomic E-state index is 13.4. The van der Waals surface area contributed by atoms with Gasteiger partial charge in [-0.1, -0.05) is 30.3 Å². The fourth-order valence-corrected chi connectivity index (χ4v) is 5.85. The quantitative estimate of drug-likeness (QED) is 0.407. The Morgan fingerprint density at radius 1 is 0.968 bits per heavy atom. The van der Waals surface area contributed by atoms with Crippen molar-refractivity contribution >= 4 is 23.2 Å². The highest BCUT2D eigenvalue weighted by molar-refractivity contribution is 6.22. The number of nitro benzene ring substituents is 1. The SMILES string of the molecule is O=C1[C@@H]2[C@H]3C[C@@H]([C@@H]2C(=O)N1c1ccc([N+](=O)[O-])c(C(F)(F)F)c1)[C@@H](c1ccccc1)C3. The van der Waals surface area contributed by atoms with E-state index in [1.165, 1.54) is 0 Å². The third-order valence-corrected chi connectivity index (χ3v) is 6.98. The molecule has 6 nitrogen and oxygen atoms in total. The van der Waals surface area contributed by atoms with Crippen molar-refractivity contribution < 1.29 is 27.7 Å².